The van der Waals surface area contributed by atoms with Crippen molar-refractivity contribution in [2.24, 2.45) is 5.73 Å². The fraction of sp³-hybridized carbons (Fsp3) is 0.133. The minimum Gasteiger partial charge on any atom is -0.497 e. The average molecular weight is 256 g/mol. The van der Waals surface area contributed by atoms with Crippen LogP contribution in [0.4, 0.5) is 0 Å². The van der Waals surface area contributed by atoms with E-state index in [1.165, 1.54) is 0 Å². The molecule has 3 N–H and O–H groups in total. The van der Waals surface area contributed by atoms with Gasteiger partial charge in [-0.2, -0.15) is 0 Å². The van der Waals surface area contributed by atoms with E-state index in [0.717, 1.165) is 17.1 Å². The molecule has 4 heteroatoms. The van der Waals surface area contributed by atoms with Gasteiger partial charge in [0, 0.05) is 11.6 Å². The molecular formula is C15H16N2O2. The molecule has 0 fully saturated rings. The zero-order valence-electron chi connectivity index (χ0n) is 10.7. The topological polar surface area (TPSA) is 68.3 Å². The van der Waals surface area contributed by atoms with Gasteiger partial charge in [0.1, 0.15) is 23.9 Å². The summed E-state index contributed by atoms with van der Waals surface area (Å²) in [7, 11) is 1.62. The predicted octanol–water partition coefficient (Wildman–Crippen LogP) is 2.56. The van der Waals surface area contributed by atoms with Crippen molar-refractivity contribution in [2.75, 3.05) is 7.11 Å². The highest BCUT2D eigenvalue weighted by Gasteiger charge is 2.00. The van der Waals surface area contributed by atoms with Crippen molar-refractivity contribution in [3.63, 3.8) is 0 Å². The van der Waals surface area contributed by atoms with Crippen LogP contribution in [-0.2, 0) is 6.61 Å². The number of nitrogens with two attached hydrogens (primary N) is 1. The van der Waals surface area contributed by atoms with Crippen molar-refractivity contribution in [2.45, 2.75) is 6.61 Å². The molecule has 0 spiro atoms. The van der Waals surface area contributed by atoms with Gasteiger partial charge in [0.2, 0.25) is 0 Å². The number of nitrogens with one attached hydrogen (secondary N) is 1. The first kappa shape index (κ1) is 13.0. The molecule has 0 saturated carbocycles. The number of nitrogen functional groups attached to an aromatic ring is 1. The summed E-state index contributed by atoms with van der Waals surface area (Å²) in [5.74, 6) is 1.60. The van der Waals surface area contributed by atoms with Crippen LogP contribution in [0.5, 0.6) is 11.5 Å². The number of benzene rings is 2. The molecular weight excluding hydrogens is 240 g/mol. The lowest BCUT2D eigenvalue weighted by Gasteiger charge is -2.08. The van der Waals surface area contributed by atoms with Crippen molar-refractivity contribution in [1.82, 2.24) is 0 Å². The SMILES string of the molecule is COc1cccc(OCc2ccc(C(=N)N)cc2)c1. The largest absolute Gasteiger partial charge is 0.497 e. The van der Waals surface area contributed by atoms with E-state index in [0.29, 0.717) is 12.2 Å². The van der Waals surface area contributed by atoms with E-state index >= 15 is 0 Å². The molecule has 2 aromatic rings. The average Bonchev–Trinajstić information content (AvgIpc) is 2.46. The Hall–Kier alpha value is -2.49. The Kier molecular flexibility index (Phi) is 4.03. The third kappa shape index (κ3) is 3.48. The number of ether oxygens (including phenoxy) is 2. The standard InChI is InChI=1S/C15H16N2O2/c1-18-13-3-2-4-14(9-13)19-10-11-5-7-12(8-6-11)15(16)17/h2-9H,10H2,1H3,(H3,16,17). The van der Waals surface area contributed by atoms with E-state index in [2.05, 4.69) is 0 Å². The fourth-order valence-electron chi connectivity index (χ4n) is 1.64. The lowest BCUT2D eigenvalue weighted by atomic mass is 10.1. The van der Waals surface area contributed by atoms with Crippen LogP contribution in [0.1, 0.15) is 11.1 Å². The van der Waals surface area contributed by atoms with Crippen LogP contribution in [0, 0.1) is 5.41 Å². The normalized spacial score (nSPS) is 9.95. The van der Waals surface area contributed by atoms with Crippen LogP contribution in [0.2, 0.25) is 0 Å². The third-order valence-corrected chi connectivity index (χ3v) is 2.71. The number of hydrogen-bond donors (Lipinski definition) is 2. The van der Waals surface area contributed by atoms with Gasteiger partial charge in [-0.3, -0.25) is 5.41 Å². The summed E-state index contributed by atoms with van der Waals surface area (Å²) in [6.45, 7) is 0.464. The Labute approximate surface area is 112 Å². The minimum atomic E-state index is 0.0697. The first-order chi connectivity index (χ1) is 9.19. The second-order valence-electron chi connectivity index (χ2n) is 4.08. The second-order valence-corrected chi connectivity index (χ2v) is 4.08. The van der Waals surface area contributed by atoms with E-state index in [4.69, 9.17) is 20.6 Å². The van der Waals surface area contributed by atoms with Gasteiger partial charge in [-0.05, 0) is 17.7 Å². The monoisotopic (exact) mass is 256 g/mol. The number of amidine groups is 1. The summed E-state index contributed by atoms with van der Waals surface area (Å²) in [5.41, 5.74) is 7.13. The molecule has 0 aliphatic heterocycles. The van der Waals surface area contributed by atoms with Gasteiger partial charge in [0.05, 0.1) is 7.11 Å². The summed E-state index contributed by atoms with van der Waals surface area (Å²) in [5, 5.41) is 7.32. The Bertz CT molecular complexity index is 565. The molecule has 19 heavy (non-hydrogen) atoms. The maximum Gasteiger partial charge on any atom is 0.123 e. The van der Waals surface area contributed by atoms with E-state index < -0.39 is 0 Å². The molecule has 2 aromatic carbocycles. The first-order valence-electron chi connectivity index (χ1n) is 5.89. The Morgan fingerprint density at radius 2 is 1.79 bits per heavy atom. The van der Waals surface area contributed by atoms with Crippen molar-refractivity contribution >= 4 is 5.84 Å². The van der Waals surface area contributed by atoms with Crippen LogP contribution in [-0.4, -0.2) is 12.9 Å². The molecule has 0 radical (unpaired) electrons. The van der Waals surface area contributed by atoms with Gasteiger partial charge in [0.25, 0.3) is 0 Å². The lowest BCUT2D eigenvalue weighted by molar-refractivity contribution is 0.303. The maximum atomic E-state index is 7.32. The number of methoxy groups -OCH3 is 1. The van der Waals surface area contributed by atoms with Gasteiger partial charge < -0.3 is 15.2 Å². The lowest BCUT2D eigenvalue weighted by Crippen LogP contribution is -2.10. The minimum absolute atomic E-state index is 0.0697. The molecule has 0 saturated heterocycles. The molecule has 0 unspecified atom stereocenters. The first-order valence-corrected chi connectivity index (χ1v) is 5.89. The molecule has 0 amide bonds. The van der Waals surface area contributed by atoms with Crippen molar-refractivity contribution < 1.29 is 9.47 Å². The predicted molar refractivity (Wildman–Crippen MR) is 74.8 cm³/mol. The molecule has 2 rings (SSSR count). The highest BCUT2D eigenvalue weighted by molar-refractivity contribution is 5.94. The van der Waals surface area contributed by atoms with Gasteiger partial charge in [-0.1, -0.05) is 30.3 Å². The highest BCUT2D eigenvalue weighted by Crippen LogP contribution is 2.20. The van der Waals surface area contributed by atoms with Gasteiger partial charge >= 0.3 is 0 Å². The summed E-state index contributed by atoms with van der Waals surface area (Å²) in [6.07, 6.45) is 0. The summed E-state index contributed by atoms with van der Waals surface area (Å²) >= 11 is 0. The molecule has 4 nitrogen and oxygen atoms in total. The van der Waals surface area contributed by atoms with E-state index in [-0.39, 0.29) is 5.84 Å². The van der Waals surface area contributed by atoms with E-state index in [9.17, 15) is 0 Å². The second kappa shape index (κ2) is 5.91. The number of hydrogen-bond acceptors (Lipinski definition) is 3. The smallest absolute Gasteiger partial charge is 0.123 e. The molecule has 0 aliphatic carbocycles. The van der Waals surface area contributed by atoms with Crippen LogP contribution < -0.4 is 15.2 Å². The van der Waals surface area contributed by atoms with Gasteiger partial charge in [0.15, 0.2) is 0 Å². The van der Waals surface area contributed by atoms with Crippen molar-refractivity contribution in [3.05, 3.63) is 59.7 Å². The molecule has 0 aromatic heterocycles. The summed E-state index contributed by atoms with van der Waals surface area (Å²) < 4.78 is 10.8. The molecule has 0 heterocycles. The van der Waals surface area contributed by atoms with Crippen molar-refractivity contribution in [3.8, 4) is 11.5 Å². The Morgan fingerprint density at radius 1 is 1.11 bits per heavy atom. The summed E-state index contributed by atoms with van der Waals surface area (Å²) in [4.78, 5) is 0. The van der Waals surface area contributed by atoms with Crippen LogP contribution in [0.25, 0.3) is 0 Å². The van der Waals surface area contributed by atoms with Crippen LogP contribution >= 0.6 is 0 Å². The molecule has 0 aliphatic rings. The van der Waals surface area contributed by atoms with E-state index in [1.807, 2.05) is 48.5 Å². The zero-order valence-corrected chi connectivity index (χ0v) is 10.7. The third-order valence-electron chi connectivity index (χ3n) is 2.71. The van der Waals surface area contributed by atoms with Crippen molar-refractivity contribution in [1.29, 1.82) is 5.41 Å². The highest BCUT2D eigenvalue weighted by atomic mass is 16.5. The van der Waals surface area contributed by atoms with Gasteiger partial charge in [-0.25, -0.2) is 0 Å². The zero-order chi connectivity index (χ0) is 13.7. The van der Waals surface area contributed by atoms with Gasteiger partial charge in [-0.15, -0.1) is 0 Å². The maximum absolute atomic E-state index is 7.32. The molecule has 0 bridgehead atoms. The fourth-order valence-corrected chi connectivity index (χ4v) is 1.64. The van der Waals surface area contributed by atoms with Crippen LogP contribution in [0.15, 0.2) is 48.5 Å². The summed E-state index contributed by atoms with van der Waals surface area (Å²) in [6, 6.07) is 14.9. The Morgan fingerprint density at radius 3 is 2.42 bits per heavy atom. The molecule has 98 valence electrons. The quantitative estimate of drug-likeness (QED) is 0.638. The van der Waals surface area contributed by atoms with Crippen LogP contribution in [0.3, 0.4) is 0 Å². The number of rotatable bonds is 5. The Balaban J connectivity index is 1.99. The van der Waals surface area contributed by atoms with E-state index in [1.54, 1.807) is 7.11 Å². The molecule has 0 atom stereocenters.